The van der Waals surface area contributed by atoms with Crippen molar-refractivity contribution in [3.05, 3.63) is 29.6 Å². The SMILES string of the molecule is CCn1c(C)nc2cc(C(=O)N/N=C3/CCC[C@H](C)C3)ccc21. The number of fused-ring (bicyclic) bond motifs is 1. The summed E-state index contributed by atoms with van der Waals surface area (Å²) < 4.78 is 2.14. The summed E-state index contributed by atoms with van der Waals surface area (Å²) in [6, 6.07) is 5.64. The van der Waals surface area contributed by atoms with E-state index in [9.17, 15) is 4.79 Å². The summed E-state index contributed by atoms with van der Waals surface area (Å²) in [7, 11) is 0. The molecule has 0 unspecified atom stereocenters. The molecule has 1 N–H and O–H groups in total. The van der Waals surface area contributed by atoms with Gasteiger partial charge in [-0.2, -0.15) is 5.10 Å². The molecule has 0 bridgehead atoms. The monoisotopic (exact) mass is 312 g/mol. The van der Waals surface area contributed by atoms with Crippen LogP contribution in [0.1, 0.15) is 55.7 Å². The van der Waals surface area contributed by atoms with Crippen LogP contribution in [0.2, 0.25) is 0 Å². The lowest BCUT2D eigenvalue weighted by molar-refractivity contribution is 0.0954. The second-order valence-corrected chi connectivity index (χ2v) is 6.43. The van der Waals surface area contributed by atoms with Crippen molar-refractivity contribution in [3.63, 3.8) is 0 Å². The first kappa shape index (κ1) is 15.7. The van der Waals surface area contributed by atoms with E-state index >= 15 is 0 Å². The quantitative estimate of drug-likeness (QED) is 0.879. The van der Waals surface area contributed by atoms with Crippen molar-refractivity contribution in [3.8, 4) is 0 Å². The Hall–Kier alpha value is -2.17. The van der Waals surface area contributed by atoms with Crippen molar-refractivity contribution in [1.82, 2.24) is 15.0 Å². The van der Waals surface area contributed by atoms with Crippen LogP contribution in [-0.4, -0.2) is 21.2 Å². The summed E-state index contributed by atoms with van der Waals surface area (Å²) in [6.45, 7) is 7.19. The molecule has 0 aliphatic heterocycles. The molecule has 2 aromatic rings. The molecule has 1 saturated carbocycles. The van der Waals surface area contributed by atoms with Crippen LogP contribution in [-0.2, 0) is 6.54 Å². The van der Waals surface area contributed by atoms with E-state index in [4.69, 9.17) is 0 Å². The van der Waals surface area contributed by atoms with Gasteiger partial charge < -0.3 is 4.57 Å². The zero-order valence-electron chi connectivity index (χ0n) is 14.1. The molecule has 1 aliphatic carbocycles. The van der Waals surface area contributed by atoms with Crippen LogP contribution < -0.4 is 5.43 Å². The number of imidazole rings is 1. The molecule has 5 nitrogen and oxygen atoms in total. The van der Waals surface area contributed by atoms with Gasteiger partial charge in [0.25, 0.3) is 5.91 Å². The maximum absolute atomic E-state index is 12.3. The van der Waals surface area contributed by atoms with E-state index < -0.39 is 0 Å². The molecule has 5 heteroatoms. The summed E-state index contributed by atoms with van der Waals surface area (Å²) in [5, 5.41) is 4.32. The molecule has 122 valence electrons. The summed E-state index contributed by atoms with van der Waals surface area (Å²) in [4.78, 5) is 16.9. The van der Waals surface area contributed by atoms with Gasteiger partial charge in [0.05, 0.1) is 11.0 Å². The lowest BCUT2D eigenvalue weighted by Crippen LogP contribution is -2.22. The number of aryl methyl sites for hydroxylation is 2. The fourth-order valence-electron chi connectivity index (χ4n) is 3.35. The van der Waals surface area contributed by atoms with Crippen LogP contribution in [0.15, 0.2) is 23.3 Å². The molecule has 0 radical (unpaired) electrons. The topological polar surface area (TPSA) is 59.3 Å². The molecule has 1 fully saturated rings. The van der Waals surface area contributed by atoms with Gasteiger partial charge in [0.1, 0.15) is 5.82 Å². The number of carbonyl (C=O) groups excluding carboxylic acids is 1. The standard InChI is InChI=1S/C18H24N4O/c1-4-22-13(3)19-16-11-14(8-9-17(16)22)18(23)21-20-15-7-5-6-12(2)10-15/h8-9,11-12H,4-7,10H2,1-3H3,(H,21,23)/b20-15-/t12-/m0/s1. The van der Waals surface area contributed by atoms with Gasteiger partial charge in [-0.05, 0) is 63.6 Å². The maximum atomic E-state index is 12.3. The highest BCUT2D eigenvalue weighted by atomic mass is 16.2. The Morgan fingerprint density at radius 1 is 1.48 bits per heavy atom. The number of benzene rings is 1. The minimum Gasteiger partial charge on any atom is -0.329 e. The van der Waals surface area contributed by atoms with Gasteiger partial charge in [-0.25, -0.2) is 10.4 Å². The number of amides is 1. The van der Waals surface area contributed by atoms with Crippen LogP contribution in [0.3, 0.4) is 0 Å². The van der Waals surface area contributed by atoms with Gasteiger partial charge in [-0.1, -0.05) is 6.92 Å². The maximum Gasteiger partial charge on any atom is 0.271 e. The highest BCUT2D eigenvalue weighted by Crippen LogP contribution is 2.21. The number of nitrogens with one attached hydrogen (secondary N) is 1. The molecule has 0 spiro atoms. The second kappa shape index (κ2) is 6.52. The fraction of sp³-hybridized carbons (Fsp3) is 0.500. The van der Waals surface area contributed by atoms with Gasteiger partial charge in [0.2, 0.25) is 0 Å². The van der Waals surface area contributed by atoms with Crippen molar-refractivity contribution in [2.24, 2.45) is 11.0 Å². The van der Waals surface area contributed by atoms with E-state index in [0.29, 0.717) is 11.5 Å². The Morgan fingerprint density at radius 2 is 2.30 bits per heavy atom. The van der Waals surface area contributed by atoms with Crippen molar-refractivity contribution in [2.75, 3.05) is 0 Å². The van der Waals surface area contributed by atoms with E-state index in [2.05, 4.69) is 33.9 Å². The highest BCUT2D eigenvalue weighted by molar-refractivity contribution is 5.98. The van der Waals surface area contributed by atoms with E-state index in [1.54, 1.807) is 0 Å². The third kappa shape index (κ3) is 3.28. The predicted octanol–water partition coefficient (Wildman–Crippen LogP) is 3.66. The van der Waals surface area contributed by atoms with Crippen LogP contribution >= 0.6 is 0 Å². The van der Waals surface area contributed by atoms with Crippen molar-refractivity contribution in [1.29, 1.82) is 0 Å². The van der Waals surface area contributed by atoms with Gasteiger partial charge in [-0.15, -0.1) is 0 Å². The third-order valence-corrected chi connectivity index (χ3v) is 4.58. The van der Waals surface area contributed by atoms with Crippen molar-refractivity contribution >= 4 is 22.7 Å². The van der Waals surface area contributed by atoms with Crippen LogP contribution in [0.25, 0.3) is 11.0 Å². The summed E-state index contributed by atoms with van der Waals surface area (Å²) in [5.41, 5.74) is 6.33. The molecule has 23 heavy (non-hydrogen) atoms. The van der Waals surface area contributed by atoms with Crippen LogP contribution in [0.4, 0.5) is 0 Å². The second-order valence-electron chi connectivity index (χ2n) is 6.43. The molecular weight excluding hydrogens is 288 g/mol. The molecule has 1 aromatic heterocycles. The van der Waals surface area contributed by atoms with Gasteiger partial charge >= 0.3 is 0 Å². The van der Waals surface area contributed by atoms with E-state index in [1.807, 2.05) is 25.1 Å². The van der Waals surface area contributed by atoms with Crippen LogP contribution in [0, 0.1) is 12.8 Å². The first-order valence-corrected chi connectivity index (χ1v) is 8.41. The normalized spacial score (nSPS) is 20.1. The lowest BCUT2D eigenvalue weighted by Gasteiger charge is -2.18. The predicted molar refractivity (Wildman–Crippen MR) is 92.7 cm³/mol. The van der Waals surface area contributed by atoms with Gasteiger partial charge in [0, 0.05) is 17.8 Å². The number of carbonyl (C=O) groups is 1. The Labute approximate surface area is 136 Å². The third-order valence-electron chi connectivity index (χ3n) is 4.58. The first-order valence-electron chi connectivity index (χ1n) is 8.41. The zero-order chi connectivity index (χ0) is 16.4. The average molecular weight is 312 g/mol. The smallest absolute Gasteiger partial charge is 0.271 e. The average Bonchev–Trinajstić information content (AvgIpc) is 2.86. The number of hydrazone groups is 1. The molecule has 1 heterocycles. The minimum absolute atomic E-state index is 0.165. The number of hydrogen-bond donors (Lipinski definition) is 1. The highest BCUT2D eigenvalue weighted by Gasteiger charge is 2.15. The minimum atomic E-state index is -0.165. The Balaban J connectivity index is 1.77. The Bertz CT molecular complexity index is 760. The van der Waals surface area contributed by atoms with Crippen molar-refractivity contribution < 1.29 is 4.79 Å². The van der Waals surface area contributed by atoms with E-state index in [-0.39, 0.29) is 5.91 Å². The van der Waals surface area contributed by atoms with E-state index in [1.165, 1.54) is 6.42 Å². The summed E-state index contributed by atoms with van der Waals surface area (Å²) in [6.07, 6.45) is 4.39. The fourth-order valence-corrected chi connectivity index (χ4v) is 3.35. The molecule has 0 saturated heterocycles. The molecule has 1 aliphatic rings. The molecule has 1 aromatic carbocycles. The Kier molecular flexibility index (Phi) is 4.46. The molecule has 1 atom stereocenters. The van der Waals surface area contributed by atoms with Crippen molar-refractivity contribution in [2.45, 2.75) is 53.0 Å². The molecule has 3 rings (SSSR count). The molecule has 1 amide bonds. The van der Waals surface area contributed by atoms with Gasteiger partial charge in [-0.3, -0.25) is 4.79 Å². The number of hydrogen-bond acceptors (Lipinski definition) is 3. The number of aromatic nitrogens is 2. The summed E-state index contributed by atoms with van der Waals surface area (Å²) in [5.74, 6) is 1.47. The van der Waals surface area contributed by atoms with E-state index in [0.717, 1.165) is 48.4 Å². The Morgan fingerprint density at radius 3 is 3.04 bits per heavy atom. The number of nitrogens with zero attached hydrogens (tertiary/aromatic N) is 3. The van der Waals surface area contributed by atoms with Gasteiger partial charge in [0.15, 0.2) is 0 Å². The molecular formula is C18H24N4O. The summed E-state index contributed by atoms with van der Waals surface area (Å²) >= 11 is 0. The number of rotatable bonds is 3. The first-order chi connectivity index (χ1) is 11.1. The zero-order valence-corrected chi connectivity index (χ0v) is 14.1. The largest absolute Gasteiger partial charge is 0.329 e. The lowest BCUT2D eigenvalue weighted by atomic mass is 9.89. The van der Waals surface area contributed by atoms with Crippen LogP contribution in [0.5, 0.6) is 0 Å².